The van der Waals surface area contributed by atoms with E-state index in [1.54, 1.807) is 0 Å². The van der Waals surface area contributed by atoms with Gasteiger partial charge >= 0.3 is 0 Å². The largest absolute Gasteiger partial charge is 0.772 e. The summed E-state index contributed by atoms with van der Waals surface area (Å²) in [6.45, 7) is 3.93. The van der Waals surface area contributed by atoms with E-state index >= 15 is 0 Å². The van der Waals surface area contributed by atoms with Crippen molar-refractivity contribution in [3.8, 4) is 0 Å². The molecular weight excluding hydrogens is 254 g/mol. The minimum absolute atomic E-state index is 0.0238. The molecule has 0 bridgehead atoms. The number of nitrogens with two attached hydrogens (primary N) is 1. The summed E-state index contributed by atoms with van der Waals surface area (Å²) >= 11 is -2.04. The molecule has 2 N–H and O–H groups in total. The summed E-state index contributed by atoms with van der Waals surface area (Å²) in [5.41, 5.74) is 5.92. The quantitative estimate of drug-likeness (QED) is 0.717. The molecule has 1 rings (SSSR count). The Balaban J connectivity index is 2.48. The molecule has 1 aromatic heterocycles. The molecule has 0 radical (unpaired) electrons. The van der Waals surface area contributed by atoms with Crippen LogP contribution in [0, 0.1) is 5.92 Å². The van der Waals surface area contributed by atoms with Crippen LogP contribution in [0.3, 0.4) is 0 Å². The Labute approximate surface area is 110 Å². The Morgan fingerprint density at radius 2 is 2.28 bits per heavy atom. The molecule has 1 heterocycles. The Morgan fingerprint density at radius 1 is 1.56 bits per heavy atom. The van der Waals surface area contributed by atoms with Gasteiger partial charge in [-0.15, -0.1) is 0 Å². The van der Waals surface area contributed by atoms with E-state index in [-0.39, 0.29) is 11.7 Å². The summed E-state index contributed by atoms with van der Waals surface area (Å²) in [5.74, 6) is 1.14. The summed E-state index contributed by atoms with van der Waals surface area (Å²) in [6, 6.07) is -0.397. The molecule has 1 aromatic rings. The van der Waals surface area contributed by atoms with E-state index in [1.807, 2.05) is 6.92 Å². The van der Waals surface area contributed by atoms with Gasteiger partial charge < -0.3 is 14.8 Å². The number of rotatable bonds is 8. The van der Waals surface area contributed by atoms with Crippen molar-refractivity contribution in [2.75, 3.05) is 5.75 Å². The van der Waals surface area contributed by atoms with Crippen LogP contribution in [0.5, 0.6) is 0 Å². The second-order valence-corrected chi connectivity index (χ2v) is 5.51. The molecular formula is C11H20N3O3S-. The van der Waals surface area contributed by atoms with Crippen LogP contribution in [-0.4, -0.2) is 24.7 Å². The summed E-state index contributed by atoms with van der Waals surface area (Å²) < 4.78 is 26.2. The molecule has 0 saturated heterocycles. The van der Waals surface area contributed by atoms with Crippen molar-refractivity contribution in [1.29, 1.82) is 0 Å². The van der Waals surface area contributed by atoms with E-state index in [0.717, 1.165) is 19.3 Å². The van der Waals surface area contributed by atoms with Crippen LogP contribution in [-0.2, 0) is 17.5 Å². The lowest BCUT2D eigenvalue weighted by molar-refractivity contribution is 0.332. The second-order valence-electron chi connectivity index (χ2n) is 4.57. The van der Waals surface area contributed by atoms with E-state index in [1.165, 1.54) is 0 Å². The average Bonchev–Trinajstić information content (AvgIpc) is 2.73. The highest BCUT2D eigenvalue weighted by Crippen LogP contribution is 2.18. The molecule has 0 aliphatic rings. The van der Waals surface area contributed by atoms with Gasteiger partial charge in [0.2, 0.25) is 5.89 Å². The molecule has 3 atom stereocenters. The van der Waals surface area contributed by atoms with Crippen LogP contribution >= 0.6 is 0 Å². The van der Waals surface area contributed by atoms with Gasteiger partial charge in [-0.1, -0.05) is 36.5 Å². The molecule has 0 aliphatic carbocycles. The van der Waals surface area contributed by atoms with Crippen LogP contribution in [0.1, 0.15) is 50.9 Å². The smallest absolute Gasteiger partial charge is 0.243 e. The van der Waals surface area contributed by atoms with Crippen LogP contribution in [0.25, 0.3) is 0 Å². The molecule has 3 unspecified atom stereocenters. The normalized spacial score (nSPS) is 16.4. The number of nitrogens with zero attached hydrogens (tertiary/aromatic N) is 2. The highest BCUT2D eigenvalue weighted by atomic mass is 32.2. The predicted octanol–water partition coefficient (Wildman–Crippen LogP) is 1.32. The number of aryl methyl sites for hydroxylation is 1. The summed E-state index contributed by atoms with van der Waals surface area (Å²) in [7, 11) is 0. The standard InChI is InChI=1S/C11H21N3O3S/c1-3-4-5-10-13-11(17-14-10)9(12)6-8(2)7-18(15)16/h8-9H,3-7,12H2,1-2H3,(H,15,16)/p-1. The first-order chi connectivity index (χ1) is 8.52. The lowest BCUT2D eigenvalue weighted by Crippen LogP contribution is -2.18. The maximum absolute atomic E-state index is 10.6. The molecule has 0 aromatic carbocycles. The topological polar surface area (TPSA) is 105 Å². The third-order valence-corrected chi connectivity index (χ3v) is 3.47. The van der Waals surface area contributed by atoms with Crippen LogP contribution < -0.4 is 5.73 Å². The molecule has 0 fully saturated rings. The first-order valence-electron chi connectivity index (χ1n) is 6.16. The zero-order valence-electron chi connectivity index (χ0n) is 10.8. The van der Waals surface area contributed by atoms with Crippen molar-refractivity contribution in [3.05, 3.63) is 11.7 Å². The van der Waals surface area contributed by atoms with Crippen LogP contribution in [0.15, 0.2) is 4.52 Å². The molecule has 0 aliphatic heterocycles. The van der Waals surface area contributed by atoms with Gasteiger partial charge in [0.1, 0.15) is 0 Å². The van der Waals surface area contributed by atoms with Gasteiger partial charge in [-0.3, -0.25) is 4.21 Å². The number of unbranched alkanes of at least 4 members (excludes halogenated alkanes) is 1. The van der Waals surface area contributed by atoms with Crippen molar-refractivity contribution in [2.24, 2.45) is 11.7 Å². The van der Waals surface area contributed by atoms with Gasteiger partial charge in [0, 0.05) is 12.2 Å². The zero-order chi connectivity index (χ0) is 13.5. The fourth-order valence-corrected chi connectivity index (χ4v) is 2.29. The van der Waals surface area contributed by atoms with E-state index in [2.05, 4.69) is 17.1 Å². The van der Waals surface area contributed by atoms with Crippen molar-refractivity contribution in [3.63, 3.8) is 0 Å². The first-order valence-corrected chi connectivity index (χ1v) is 7.41. The highest BCUT2D eigenvalue weighted by molar-refractivity contribution is 7.79. The van der Waals surface area contributed by atoms with Crippen LogP contribution in [0.4, 0.5) is 0 Å². The van der Waals surface area contributed by atoms with E-state index in [9.17, 15) is 8.76 Å². The Morgan fingerprint density at radius 3 is 2.89 bits per heavy atom. The van der Waals surface area contributed by atoms with Crippen molar-refractivity contribution >= 4 is 11.1 Å². The Bertz CT molecular complexity index is 383. The monoisotopic (exact) mass is 274 g/mol. The van der Waals surface area contributed by atoms with Gasteiger partial charge in [0.15, 0.2) is 5.82 Å². The summed E-state index contributed by atoms with van der Waals surface area (Å²) in [6.07, 6.45) is 3.39. The molecule has 0 saturated carbocycles. The van der Waals surface area contributed by atoms with E-state index in [4.69, 9.17) is 10.3 Å². The molecule has 104 valence electrons. The maximum Gasteiger partial charge on any atom is 0.243 e. The van der Waals surface area contributed by atoms with Gasteiger partial charge in [-0.2, -0.15) is 4.98 Å². The first kappa shape index (κ1) is 15.3. The molecule has 18 heavy (non-hydrogen) atoms. The third kappa shape index (κ3) is 5.24. The van der Waals surface area contributed by atoms with Crippen molar-refractivity contribution < 1.29 is 13.3 Å². The van der Waals surface area contributed by atoms with E-state index < -0.39 is 17.1 Å². The van der Waals surface area contributed by atoms with Crippen molar-refractivity contribution in [2.45, 2.75) is 45.6 Å². The summed E-state index contributed by atoms with van der Waals surface area (Å²) in [5, 5.41) is 3.86. The third-order valence-electron chi connectivity index (χ3n) is 2.63. The average molecular weight is 274 g/mol. The Hall–Kier alpha value is -0.790. The molecule has 7 heteroatoms. The minimum Gasteiger partial charge on any atom is -0.772 e. The maximum atomic E-state index is 10.6. The van der Waals surface area contributed by atoms with Gasteiger partial charge in [0.05, 0.1) is 6.04 Å². The molecule has 0 spiro atoms. The van der Waals surface area contributed by atoms with Gasteiger partial charge in [-0.05, 0) is 18.8 Å². The molecule has 0 amide bonds. The zero-order valence-corrected chi connectivity index (χ0v) is 11.6. The predicted molar refractivity (Wildman–Crippen MR) is 67.4 cm³/mol. The fourth-order valence-electron chi connectivity index (χ4n) is 1.69. The highest BCUT2D eigenvalue weighted by Gasteiger charge is 2.17. The van der Waals surface area contributed by atoms with Crippen molar-refractivity contribution in [1.82, 2.24) is 10.1 Å². The summed E-state index contributed by atoms with van der Waals surface area (Å²) in [4.78, 5) is 4.22. The Kier molecular flexibility index (Phi) is 6.45. The lowest BCUT2D eigenvalue weighted by Gasteiger charge is -2.15. The number of hydrogen-bond acceptors (Lipinski definition) is 6. The van der Waals surface area contributed by atoms with Gasteiger partial charge in [-0.25, -0.2) is 0 Å². The lowest BCUT2D eigenvalue weighted by atomic mass is 10.0. The SMILES string of the molecule is CCCCc1noc(C(N)CC(C)CS(=O)[O-])n1. The second kappa shape index (κ2) is 7.60. The number of aromatic nitrogens is 2. The minimum atomic E-state index is -2.04. The van der Waals surface area contributed by atoms with Gasteiger partial charge in [0.25, 0.3) is 0 Å². The van der Waals surface area contributed by atoms with E-state index in [0.29, 0.717) is 18.1 Å². The fraction of sp³-hybridized carbons (Fsp3) is 0.818. The number of hydrogen-bond donors (Lipinski definition) is 1. The molecule has 6 nitrogen and oxygen atoms in total. The van der Waals surface area contributed by atoms with Crippen LogP contribution in [0.2, 0.25) is 0 Å².